The molecule has 0 unspecified atom stereocenters. The second-order valence-electron chi connectivity index (χ2n) is 3.74. The fraction of sp³-hybridized carbons (Fsp3) is 0. The first kappa shape index (κ1) is 13.8. The molecule has 0 aliphatic heterocycles. The molecule has 2 rings (SSSR count). The Labute approximate surface area is 118 Å². The third-order valence-electron chi connectivity index (χ3n) is 2.29. The van der Waals surface area contributed by atoms with E-state index in [4.69, 9.17) is 23.2 Å². The Hall–Kier alpha value is -1.65. The highest BCUT2D eigenvalue weighted by Gasteiger charge is 2.13. The number of carbonyl (C=O) groups excluding carboxylic acids is 1. The highest BCUT2D eigenvalue weighted by Crippen LogP contribution is 2.20. The topological polar surface area (TPSA) is 29.1 Å². The third kappa shape index (κ3) is 3.43. The summed E-state index contributed by atoms with van der Waals surface area (Å²) >= 11 is 11.3. The van der Waals surface area contributed by atoms with E-state index in [0.717, 1.165) is 18.2 Å². The molecule has 0 saturated carbocycles. The lowest BCUT2D eigenvalue weighted by Crippen LogP contribution is -2.13. The van der Waals surface area contributed by atoms with Gasteiger partial charge in [0, 0.05) is 15.7 Å². The van der Waals surface area contributed by atoms with Crippen LogP contribution in [-0.2, 0) is 0 Å². The number of nitrogens with one attached hydrogen (secondary N) is 1. The molecular formula is C13H7Cl2F2NO. The molecule has 1 N–H and O–H groups in total. The number of halogens is 4. The molecule has 0 fully saturated rings. The van der Waals surface area contributed by atoms with Crippen LogP contribution in [-0.4, -0.2) is 5.91 Å². The normalized spacial score (nSPS) is 10.3. The molecule has 98 valence electrons. The van der Waals surface area contributed by atoms with Crippen molar-refractivity contribution in [3.05, 3.63) is 63.6 Å². The number of hydrogen-bond donors (Lipinski definition) is 1. The average molecular weight is 302 g/mol. The lowest BCUT2D eigenvalue weighted by Gasteiger charge is -2.07. The van der Waals surface area contributed by atoms with Gasteiger partial charge in [0.05, 0.1) is 5.56 Å². The first-order valence-corrected chi connectivity index (χ1v) is 5.94. The third-order valence-corrected chi connectivity index (χ3v) is 2.75. The van der Waals surface area contributed by atoms with Gasteiger partial charge in [-0.15, -0.1) is 0 Å². The van der Waals surface area contributed by atoms with Gasteiger partial charge in [-0.05, 0) is 36.4 Å². The second kappa shape index (κ2) is 5.55. The molecule has 0 heterocycles. The summed E-state index contributed by atoms with van der Waals surface area (Å²) in [6.07, 6.45) is 0. The summed E-state index contributed by atoms with van der Waals surface area (Å²) < 4.78 is 26.6. The first-order valence-electron chi connectivity index (χ1n) is 5.18. The molecule has 0 radical (unpaired) electrons. The van der Waals surface area contributed by atoms with E-state index < -0.39 is 17.5 Å². The number of hydrogen-bond acceptors (Lipinski definition) is 1. The SMILES string of the molecule is O=C(Nc1cc(F)cc(Cl)c1)c1cc(Cl)ccc1F. The molecule has 2 aromatic carbocycles. The fourth-order valence-electron chi connectivity index (χ4n) is 1.50. The molecule has 6 heteroatoms. The predicted octanol–water partition coefficient (Wildman–Crippen LogP) is 4.52. The molecule has 0 spiro atoms. The van der Waals surface area contributed by atoms with Crippen LogP contribution in [0, 0.1) is 11.6 Å². The van der Waals surface area contributed by atoms with Crippen LogP contribution >= 0.6 is 23.2 Å². The summed E-state index contributed by atoms with van der Waals surface area (Å²) in [5.74, 6) is -2.06. The summed E-state index contributed by atoms with van der Waals surface area (Å²) in [5, 5.41) is 2.70. The monoisotopic (exact) mass is 301 g/mol. The molecule has 1 amide bonds. The van der Waals surface area contributed by atoms with Crippen molar-refractivity contribution in [1.29, 1.82) is 0 Å². The highest BCUT2D eigenvalue weighted by molar-refractivity contribution is 6.31. The van der Waals surface area contributed by atoms with Crippen LogP contribution in [0.4, 0.5) is 14.5 Å². The molecule has 0 aliphatic rings. The van der Waals surface area contributed by atoms with Crippen molar-refractivity contribution in [2.24, 2.45) is 0 Å². The van der Waals surface area contributed by atoms with Crippen LogP contribution in [0.15, 0.2) is 36.4 Å². The Morgan fingerprint density at radius 2 is 1.74 bits per heavy atom. The van der Waals surface area contributed by atoms with E-state index in [1.165, 1.54) is 18.2 Å². The van der Waals surface area contributed by atoms with Crippen LogP contribution in [0.1, 0.15) is 10.4 Å². The summed E-state index contributed by atoms with van der Waals surface area (Å²) in [7, 11) is 0. The minimum Gasteiger partial charge on any atom is -0.322 e. The van der Waals surface area contributed by atoms with Crippen LogP contribution in [0.25, 0.3) is 0 Å². The van der Waals surface area contributed by atoms with Crippen LogP contribution < -0.4 is 5.32 Å². The lowest BCUT2D eigenvalue weighted by molar-refractivity contribution is 0.102. The zero-order valence-electron chi connectivity index (χ0n) is 9.38. The number of benzene rings is 2. The zero-order chi connectivity index (χ0) is 14.0. The van der Waals surface area contributed by atoms with Crippen LogP contribution in [0.5, 0.6) is 0 Å². The first-order chi connectivity index (χ1) is 8.95. The average Bonchev–Trinajstić information content (AvgIpc) is 2.30. The predicted molar refractivity (Wildman–Crippen MR) is 70.8 cm³/mol. The maximum absolute atomic E-state index is 13.5. The largest absolute Gasteiger partial charge is 0.322 e. The van der Waals surface area contributed by atoms with E-state index >= 15 is 0 Å². The molecule has 2 nitrogen and oxygen atoms in total. The van der Waals surface area contributed by atoms with E-state index in [1.807, 2.05) is 0 Å². The van der Waals surface area contributed by atoms with Crippen molar-refractivity contribution in [3.63, 3.8) is 0 Å². The van der Waals surface area contributed by atoms with Crippen molar-refractivity contribution < 1.29 is 13.6 Å². The van der Waals surface area contributed by atoms with Crippen molar-refractivity contribution >= 4 is 34.8 Å². The molecule has 0 atom stereocenters. The van der Waals surface area contributed by atoms with Gasteiger partial charge in [0.25, 0.3) is 5.91 Å². The van der Waals surface area contributed by atoms with Crippen LogP contribution in [0.3, 0.4) is 0 Å². The molecule has 2 aromatic rings. The maximum atomic E-state index is 13.5. The Bertz CT molecular complexity index is 626. The van der Waals surface area contributed by atoms with Gasteiger partial charge in [-0.2, -0.15) is 0 Å². The summed E-state index contributed by atoms with van der Waals surface area (Å²) in [4.78, 5) is 11.8. The Balaban J connectivity index is 2.28. The molecule has 0 bridgehead atoms. The summed E-state index contributed by atoms with van der Waals surface area (Å²) in [6, 6.07) is 7.12. The Morgan fingerprint density at radius 3 is 2.42 bits per heavy atom. The molecular weight excluding hydrogens is 295 g/mol. The van der Waals surface area contributed by atoms with Gasteiger partial charge in [0.15, 0.2) is 0 Å². The number of rotatable bonds is 2. The zero-order valence-corrected chi connectivity index (χ0v) is 10.9. The van der Waals surface area contributed by atoms with Crippen molar-refractivity contribution in [1.82, 2.24) is 0 Å². The molecule has 0 aromatic heterocycles. The maximum Gasteiger partial charge on any atom is 0.258 e. The van der Waals surface area contributed by atoms with Crippen molar-refractivity contribution in [3.8, 4) is 0 Å². The van der Waals surface area contributed by atoms with Gasteiger partial charge in [-0.25, -0.2) is 8.78 Å². The van der Waals surface area contributed by atoms with E-state index in [1.54, 1.807) is 0 Å². The number of carbonyl (C=O) groups is 1. The van der Waals surface area contributed by atoms with E-state index in [0.29, 0.717) is 0 Å². The molecule has 0 aliphatic carbocycles. The summed E-state index contributed by atoms with van der Waals surface area (Å²) in [6.45, 7) is 0. The minimum atomic E-state index is -0.735. The van der Waals surface area contributed by atoms with Gasteiger partial charge in [0.1, 0.15) is 11.6 Å². The molecule has 19 heavy (non-hydrogen) atoms. The fourth-order valence-corrected chi connectivity index (χ4v) is 1.89. The van der Waals surface area contributed by atoms with E-state index in [-0.39, 0.29) is 21.3 Å². The van der Waals surface area contributed by atoms with Crippen molar-refractivity contribution in [2.45, 2.75) is 0 Å². The minimum absolute atomic E-state index is 0.127. The van der Waals surface area contributed by atoms with Gasteiger partial charge >= 0.3 is 0 Å². The number of amides is 1. The quantitative estimate of drug-likeness (QED) is 0.868. The second-order valence-corrected chi connectivity index (χ2v) is 4.61. The number of anilines is 1. The van der Waals surface area contributed by atoms with E-state index in [2.05, 4.69) is 5.32 Å². The van der Waals surface area contributed by atoms with E-state index in [9.17, 15) is 13.6 Å². The van der Waals surface area contributed by atoms with Gasteiger partial charge < -0.3 is 5.32 Å². The lowest BCUT2D eigenvalue weighted by atomic mass is 10.2. The summed E-state index contributed by atoms with van der Waals surface area (Å²) in [5.41, 5.74) is -0.0951. The standard InChI is InChI=1S/C13H7Cl2F2NO/c14-7-1-2-12(17)11(5-7)13(19)18-10-4-8(15)3-9(16)6-10/h1-6H,(H,18,19). The smallest absolute Gasteiger partial charge is 0.258 e. The Morgan fingerprint density at radius 1 is 1.00 bits per heavy atom. The van der Waals surface area contributed by atoms with Crippen LogP contribution in [0.2, 0.25) is 10.0 Å². The van der Waals surface area contributed by atoms with Gasteiger partial charge in [-0.1, -0.05) is 23.2 Å². The highest BCUT2D eigenvalue weighted by atomic mass is 35.5. The van der Waals surface area contributed by atoms with Crippen molar-refractivity contribution in [2.75, 3.05) is 5.32 Å². The molecule has 0 saturated heterocycles. The van der Waals surface area contributed by atoms with Gasteiger partial charge in [0.2, 0.25) is 0 Å². The Kier molecular flexibility index (Phi) is 4.02. The van der Waals surface area contributed by atoms with Gasteiger partial charge in [-0.3, -0.25) is 4.79 Å².